The third-order valence-electron chi connectivity index (χ3n) is 8.57. The van der Waals surface area contributed by atoms with E-state index in [2.05, 4.69) is 13.8 Å². The van der Waals surface area contributed by atoms with Gasteiger partial charge in [0, 0.05) is 6.61 Å². The fourth-order valence-electron chi connectivity index (χ4n) is 6.46. The zero-order valence-electron chi connectivity index (χ0n) is 18.6. The lowest BCUT2D eigenvalue weighted by atomic mass is 9.68. The summed E-state index contributed by atoms with van der Waals surface area (Å²) in [4.78, 5) is 0. The van der Waals surface area contributed by atoms with E-state index in [1.54, 1.807) is 38.5 Å². The molecular weight excluding hydrogens is 328 g/mol. The van der Waals surface area contributed by atoms with E-state index < -0.39 is 0 Å². The zero-order valence-corrected chi connectivity index (χ0v) is 18.6. The molecule has 3 fully saturated rings. The van der Waals surface area contributed by atoms with Crippen LogP contribution in [0.15, 0.2) is 0 Å². The second-order valence-corrected chi connectivity index (χ2v) is 10.4. The minimum Gasteiger partial charge on any atom is -0.378 e. The van der Waals surface area contributed by atoms with E-state index in [-0.39, 0.29) is 0 Å². The van der Waals surface area contributed by atoms with E-state index >= 15 is 0 Å². The Morgan fingerprint density at radius 1 is 0.593 bits per heavy atom. The van der Waals surface area contributed by atoms with Gasteiger partial charge in [0.15, 0.2) is 0 Å². The molecule has 0 bridgehead atoms. The summed E-state index contributed by atoms with van der Waals surface area (Å²) in [6, 6.07) is 0. The van der Waals surface area contributed by atoms with Gasteiger partial charge < -0.3 is 4.74 Å². The third kappa shape index (κ3) is 7.06. The molecule has 2 aliphatic carbocycles. The average Bonchev–Trinajstić information content (AvgIpc) is 2.74. The van der Waals surface area contributed by atoms with Crippen LogP contribution in [0, 0.1) is 29.6 Å². The summed E-state index contributed by atoms with van der Waals surface area (Å²) in [5.41, 5.74) is 0. The average molecular weight is 377 g/mol. The van der Waals surface area contributed by atoms with Crippen molar-refractivity contribution in [1.29, 1.82) is 0 Å². The summed E-state index contributed by atoms with van der Waals surface area (Å²) in [5, 5.41) is 0. The molecule has 27 heavy (non-hydrogen) atoms. The molecular formula is C26H48O. The molecule has 3 rings (SSSR count). The van der Waals surface area contributed by atoms with Crippen LogP contribution in [0.1, 0.15) is 123 Å². The highest BCUT2D eigenvalue weighted by molar-refractivity contribution is 4.82. The SMILES string of the molecule is CCCCCC1CCC(C2CCC(CCC3CCC(CC)OC3)CC2)CC1. The Balaban J connectivity index is 1.26. The van der Waals surface area contributed by atoms with Crippen LogP contribution in [0.2, 0.25) is 0 Å². The Hall–Kier alpha value is -0.0400. The lowest BCUT2D eigenvalue weighted by molar-refractivity contribution is -0.0211. The lowest BCUT2D eigenvalue weighted by Crippen LogP contribution is -2.27. The summed E-state index contributed by atoms with van der Waals surface area (Å²) < 4.78 is 6.02. The zero-order chi connectivity index (χ0) is 18.9. The van der Waals surface area contributed by atoms with Gasteiger partial charge >= 0.3 is 0 Å². The molecule has 0 aromatic heterocycles. The Bertz CT molecular complexity index is 368. The van der Waals surface area contributed by atoms with Crippen molar-refractivity contribution in [2.45, 2.75) is 129 Å². The molecule has 0 aromatic carbocycles. The van der Waals surface area contributed by atoms with Crippen molar-refractivity contribution >= 4 is 0 Å². The van der Waals surface area contributed by atoms with Crippen LogP contribution in [-0.2, 0) is 4.74 Å². The van der Waals surface area contributed by atoms with Crippen molar-refractivity contribution in [3.63, 3.8) is 0 Å². The Morgan fingerprint density at radius 3 is 1.67 bits per heavy atom. The summed E-state index contributed by atoms with van der Waals surface area (Å²) in [6.07, 6.45) is 25.7. The Morgan fingerprint density at radius 2 is 1.15 bits per heavy atom. The van der Waals surface area contributed by atoms with E-state index in [0.29, 0.717) is 6.10 Å². The molecule has 0 aromatic rings. The predicted molar refractivity (Wildman–Crippen MR) is 117 cm³/mol. The maximum absolute atomic E-state index is 6.02. The van der Waals surface area contributed by atoms with E-state index in [4.69, 9.17) is 4.74 Å². The monoisotopic (exact) mass is 376 g/mol. The van der Waals surface area contributed by atoms with Crippen LogP contribution in [-0.4, -0.2) is 12.7 Å². The van der Waals surface area contributed by atoms with Crippen LogP contribution < -0.4 is 0 Å². The smallest absolute Gasteiger partial charge is 0.0572 e. The van der Waals surface area contributed by atoms with Crippen molar-refractivity contribution in [3.05, 3.63) is 0 Å². The van der Waals surface area contributed by atoms with Gasteiger partial charge in [-0.15, -0.1) is 0 Å². The van der Waals surface area contributed by atoms with E-state index in [1.165, 1.54) is 70.6 Å². The standard InChI is InChI=1S/C26H48O/c1-3-5-6-7-21-10-15-24(16-11-21)25-17-12-22(13-18-25)8-9-23-14-19-26(4-2)27-20-23/h21-26H,3-20H2,1-2H3. The quantitative estimate of drug-likeness (QED) is 0.369. The van der Waals surface area contributed by atoms with Crippen LogP contribution >= 0.6 is 0 Å². The van der Waals surface area contributed by atoms with Crippen LogP contribution in [0.25, 0.3) is 0 Å². The second kappa shape index (κ2) is 11.8. The first-order valence-electron chi connectivity index (χ1n) is 12.9. The fourth-order valence-corrected chi connectivity index (χ4v) is 6.46. The molecule has 1 heteroatoms. The normalized spacial score (nSPS) is 38.0. The summed E-state index contributed by atoms with van der Waals surface area (Å²) in [5.74, 6) is 5.16. The van der Waals surface area contributed by atoms with Crippen LogP contribution in [0.3, 0.4) is 0 Å². The van der Waals surface area contributed by atoms with Gasteiger partial charge in [-0.05, 0) is 81.0 Å². The van der Waals surface area contributed by atoms with Gasteiger partial charge in [-0.25, -0.2) is 0 Å². The first kappa shape index (κ1) is 21.7. The molecule has 1 saturated heterocycles. The van der Waals surface area contributed by atoms with Crippen LogP contribution in [0.5, 0.6) is 0 Å². The van der Waals surface area contributed by atoms with Gasteiger partial charge in [0.2, 0.25) is 0 Å². The summed E-state index contributed by atoms with van der Waals surface area (Å²) in [6.45, 7) is 5.65. The maximum Gasteiger partial charge on any atom is 0.0572 e. The first-order chi connectivity index (χ1) is 13.3. The number of unbranched alkanes of at least 4 members (excludes halogenated alkanes) is 2. The van der Waals surface area contributed by atoms with Gasteiger partial charge in [0.25, 0.3) is 0 Å². The highest BCUT2D eigenvalue weighted by atomic mass is 16.5. The molecule has 0 radical (unpaired) electrons. The van der Waals surface area contributed by atoms with Crippen molar-refractivity contribution in [2.24, 2.45) is 29.6 Å². The second-order valence-electron chi connectivity index (χ2n) is 10.4. The third-order valence-corrected chi connectivity index (χ3v) is 8.57. The highest BCUT2D eigenvalue weighted by Gasteiger charge is 2.31. The number of ether oxygens (including phenoxy) is 1. The molecule has 0 N–H and O–H groups in total. The van der Waals surface area contributed by atoms with Gasteiger partial charge in [-0.2, -0.15) is 0 Å². The van der Waals surface area contributed by atoms with Crippen molar-refractivity contribution < 1.29 is 4.74 Å². The topological polar surface area (TPSA) is 9.23 Å². The minimum absolute atomic E-state index is 0.568. The summed E-state index contributed by atoms with van der Waals surface area (Å²) in [7, 11) is 0. The Labute approximate surface area is 170 Å². The molecule has 3 aliphatic rings. The molecule has 2 saturated carbocycles. The minimum atomic E-state index is 0.568. The number of rotatable bonds is 9. The predicted octanol–water partition coefficient (Wildman–Crippen LogP) is 8.16. The van der Waals surface area contributed by atoms with Crippen molar-refractivity contribution in [2.75, 3.05) is 6.61 Å². The molecule has 2 atom stereocenters. The number of hydrogen-bond acceptors (Lipinski definition) is 1. The maximum atomic E-state index is 6.02. The van der Waals surface area contributed by atoms with Gasteiger partial charge in [-0.3, -0.25) is 0 Å². The fraction of sp³-hybridized carbons (Fsp3) is 1.00. The molecule has 1 heterocycles. The van der Waals surface area contributed by atoms with Gasteiger partial charge in [0.05, 0.1) is 6.10 Å². The van der Waals surface area contributed by atoms with E-state index in [9.17, 15) is 0 Å². The largest absolute Gasteiger partial charge is 0.378 e. The van der Waals surface area contributed by atoms with Crippen molar-refractivity contribution in [1.82, 2.24) is 0 Å². The highest BCUT2D eigenvalue weighted by Crippen LogP contribution is 2.43. The van der Waals surface area contributed by atoms with Crippen molar-refractivity contribution in [3.8, 4) is 0 Å². The van der Waals surface area contributed by atoms with Gasteiger partial charge in [0.1, 0.15) is 0 Å². The van der Waals surface area contributed by atoms with E-state index in [0.717, 1.165) is 36.2 Å². The molecule has 2 unspecified atom stereocenters. The first-order valence-corrected chi connectivity index (χ1v) is 12.9. The molecule has 1 aliphatic heterocycles. The number of hydrogen-bond donors (Lipinski definition) is 0. The van der Waals surface area contributed by atoms with Gasteiger partial charge in [-0.1, -0.05) is 71.6 Å². The molecule has 0 spiro atoms. The molecule has 158 valence electrons. The Kier molecular flexibility index (Phi) is 9.50. The lowest BCUT2D eigenvalue weighted by Gasteiger charge is -2.38. The molecule has 1 nitrogen and oxygen atoms in total. The molecule has 0 amide bonds. The van der Waals surface area contributed by atoms with E-state index in [1.807, 2.05) is 0 Å². The summed E-state index contributed by atoms with van der Waals surface area (Å²) >= 11 is 0. The van der Waals surface area contributed by atoms with Crippen LogP contribution in [0.4, 0.5) is 0 Å².